The molecule has 0 spiro atoms. The molecule has 0 aliphatic carbocycles. The van der Waals surface area contributed by atoms with Crippen LogP contribution in [0.3, 0.4) is 0 Å². The van der Waals surface area contributed by atoms with Crippen LogP contribution in [-0.2, 0) is 0 Å². The third-order valence-electron chi connectivity index (χ3n) is 12.1. The van der Waals surface area contributed by atoms with Crippen molar-refractivity contribution >= 4 is 28.8 Å². The van der Waals surface area contributed by atoms with E-state index in [1.54, 1.807) is 0 Å². The average Bonchev–Trinajstić information content (AvgIpc) is 3.42. The maximum atomic E-state index is 5.36. The molecule has 0 saturated heterocycles. The van der Waals surface area contributed by atoms with Gasteiger partial charge in [0.2, 0.25) is 0 Å². The Kier molecular flexibility index (Phi) is 11.2. The van der Waals surface area contributed by atoms with Gasteiger partial charge in [-0.3, -0.25) is 0 Å². The quantitative estimate of drug-likeness (QED) is 0.0952. The second-order valence-electron chi connectivity index (χ2n) is 16.3. The summed E-state index contributed by atoms with van der Waals surface area (Å²) < 4.78 is 0. The van der Waals surface area contributed by atoms with Gasteiger partial charge < -0.3 is 0 Å². The summed E-state index contributed by atoms with van der Waals surface area (Å²) >= 11 is 0. The van der Waals surface area contributed by atoms with E-state index in [1.165, 1.54) is 20.7 Å². The lowest BCUT2D eigenvalue weighted by Gasteiger charge is -2.34. The fraction of sp³-hybridized carbons (Fsp3) is 0. The summed E-state index contributed by atoms with van der Waals surface area (Å²) in [6, 6.07) is 88.7. The van der Waals surface area contributed by atoms with Crippen molar-refractivity contribution in [1.82, 2.24) is 29.9 Å². The molecule has 0 N–H and O–H groups in total. The maximum Gasteiger partial charge on any atom is 0.179 e. The Morgan fingerprint density at radius 2 is 0.478 bits per heavy atom. The van der Waals surface area contributed by atoms with E-state index in [0.717, 1.165) is 44.5 Å². The highest BCUT2D eigenvalue weighted by atomic mass is 28.3. The Hall–Kier alpha value is -8.78. The topological polar surface area (TPSA) is 77.3 Å². The van der Waals surface area contributed by atoms with Crippen LogP contribution in [0.2, 0.25) is 0 Å². The van der Waals surface area contributed by atoms with E-state index in [9.17, 15) is 0 Å². The first-order chi connectivity index (χ1) is 33.2. The van der Waals surface area contributed by atoms with E-state index >= 15 is 0 Å². The van der Waals surface area contributed by atoms with Gasteiger partial charge in [0.05, 0.1) is 0 Å². The number of rotatable bonds is 11. The molecule has 0 amide bonds. The lowest BCUT2D eigenvalue weighted by Crippen LogP contribution is -2.74. The summed E-state index contributed by atoms with van der Waals surface area (Å²) in [6.45, 7) is 0. The molecule has 0 bridgehead atoms. The first kappa shape index (κ1) is 41.0. The van der Waals surface area contributed by atoms with Crippen LogP contribution in [0.4, 0.5) is 0 Å². The molecule has 0 aliphatic rings. The van der Waals surface area contributed by atoms with Crippen molar-refractivity contribution in [2.45, 2.75) is 0 Å². The zero-order valence-corrected chi connectivity index (χ0v) is 37.4. The highest BCUT2D eigenvalue weighted by Gasteiger charge is 2.41. The molecule has 316 valence electrons. The van der Waals surface area contributed by atoms with Gasteiger partial charge in [0.25, 0.3) is 0 Å². The van der Waals surface area contributed by atoms with Crippen LogP contribution in [0.5, 0.6) is 0 Å². The van der Waals surface area contributed by atoms with Crippen LogP contribution >= 0.6 is 0 Å². The van der Waals surface area contributed by atoms with Crippen LogP contribution in [-0.4, -0.2) is 38.0 Å². The molecule has 2 aromatic heterocycles. The standard InChI is InChI=1S/C60H42N6Si/c1-7-23-43(24-8-1)55-61-56(44-25-9-2-10-26-44)63-58(62-55)47-30-21-29-46(41-47)53-39-19-20-40-54(53)60-65-57(45-27-11-3-12-28-45)64-59(66-60)48-31-22-38-52(42-48)67(49-32-13-4-14-33-49,50-34-15-5-16-35-50)51-36-17-6-18-37-51/h1-42H. The van der Waals surface area contributed by atoms with Gasteiger partial charge in [0.1, 0.15) is 0 Å². The monoisotopic (exact) mass is 874 g/mol. The summed E-state index contributed by atoms with van der Waals surface area (Å²) in [6.07, 6.45) is 0. The van der Waals surface area contributed by atoms with Gasteiger partial charge in [-0.25, -0.2) is 29.9 Å². The van der Waals surface area contributed by atoms with E-state index in [1.807, 2.05) is 84.9 Å². The molecule has 11 aromatic rings. The molecule has 0 fully saturated rings. The van der Waals surface area contributed by atoms with Crippen molar-refractivity contribution in [3.8, 4) is 79.5 Å². The first-order valence-corrected chi connectivity index (χ1v) is 24.4. The first-order valence-electron chi connectivity index (χ1n) is 22.4. The minimum atomic E-state index is -2.84. The third kappa shape index (κ3) is 8.16. The normalized spacial score (nSPS) is 11.3. The number of hydrogen-bond donors (Lipinski definition) is 0. The number of aromatic nitrogens is 6. The Balaban J connectivity index is 1.06. The molecule has 7 heteroatoms. The largest absolute Gasteiger partial charge is 0.208 e. The van der Waals surface area contributed by atoms with Gasteiger partial charge in [0.15, 0.2) is 43.0 Å². The Labute approximate surface area is 391 Å². The molecule has 9 aromatic carbocycles. The molecule has 0 aliphatic heterocycles. The number of nitrogens with zero attached hydrogens (tertiary/aromatic N) is 6. The van der Waals surface area contributed by atoms with Gasteiger partial charge in [-0.05, 0) is 37.9 Å². The Bertz CT molecular complexity index is 3290. The van der Waals surface area contributed by atoms with Crippen LogP contribution in [0.1, 0.15) is 0 Å². The van der Waals surface area contributed by atoms with Crippen molar-refractivity contribution in [2.75, 3.05) is 0 Å². The smallest absolute Gasteiger partial charge is 0.179 e. The molecular weight excluding hydrogens is 833 g/mol. The van der Waals surface area contributed by atoms with E-state index in [2.05, 4.69) is 170 Å². The van der Waals surface area contributed by atoms with Crippen LogP contribution in [0.25, 0.3) is 79.5 Å². The van der Waals surface area contributed by atoms with Crippen LogP contribution in [0.15, 0.2) is 255 Å². The summed E-state index contributed by atoms with van der Waals surface area (Å²) in [7, 11) is -2.84. The summed E-state index contributed by atoms with van der Waals surface area (Å²) in [4.78, 5) is 30.8. The molecule has 0 radical (unpaired) electrons. The molecular formula is C60H42N6Si. The Morgan fingerprint density at radius 3 is 0.910 bits per heavy atom. The molecule has 2 heterocycles. The molecule has 6 nitrogen and oxygen atoms in total. The minimum absolute atomic E-state index is 0.575. The van der Waals surface area contributed by atoms with Crippen molar-refractivity contribution in [2.24, 2.45) is 0 Å². The second-order valence-corrected chi connectivity index (χ2v) is 20.1. The fourth-order valence-electron chi connectivity index (χ4n) is 8.99. The number of hydrogen-bond acceptors (Lipinski definition) is 6. The van der Waals surface area contributed by atoms with E-state index < -0.39 is 8.07 Å². The van der Waals surface area contributed by atoms with Gasteiger partial charge in [0, 0.05) is 33.4 Å². The fourth-order valence-corrected chi connectivity index (χ4v) is 13.8. The van der Waals surface area contributed by atoms with Crippen molar-refractivity contribution in [1.29, 1.82) is 0 Å². The highest BCUT2D eigenvalue weighted by Crippen LogP contribution is 2.35. The summed E-state index contributed by atoms with van der Waals surface area (Å²) in [5, 5.41) is 5.13. The van der Waals surface area contributed by atoms with E-state index in [-0.39, 0.29) is 0 Å². The van der Waals surface area contributed by atoms with Gasteiger partial charge in [-0.15, -0.1) is 0 Å². The predicted octanol–water partition coefficient (Wildman–Crippen LogP) is 11.1. The highest BCUT2D eigenvalue weighted by molar-refractivity contribution is 7.19. The predicted molar refractivity (Wildman–Crippen MR) is 275 cm³/mol. The van der Waals surface area contributed by atoms with Crippen molar-refractivity contribution < 1.29 is 0 Å². The van der Waals surface area contributed by atoms with Crippen molar-refractivity contribution in [3.63, 3.8) is 0 Å². The molecule has 67 heavy (non-hydrogen) atoms. The Morgan fingerprint density at radius 1 is 0.194 bits per heavy atom. The zero-order chi connectivity index (χ0) is 44.8. The van der Waals surface area contributed by atoms with Gasteiger partial charge >= 0.3 is 0 Å². The van der Waals surface area contributed by atoms with Gasteiger partial charge in [-0.1, -0.05) is 249 Å². The van der Waals surface area contributed by atoms with Crippen LogP contribution < -0.4 is 20.7 Å². The van der Waals surface area contributed by atoms with Gasteiger partial charge in [-0.2, -0.15) is 0 Å². The zero-order valence-electron chi connectivity index (χ0n) is 36.4. The lowest BCUT2D eigenvalue weighted by molar-refractivity contribution is 1.07. The molecule has 11 rings (SSSR count). The molecule has 0 atom stereocenters. The minimum Gasteiger partial charge on any atom is -0.208 e. The van der Waals surface area contributed by atoms with Crippen LogP contribution in [0, 0.1) is 0 Å². The van der Waals surface area contributed by atoms with E-state index in [0.29, 0.717) is 34.9 Å². The maximum absolute atomic E-state index is 5.36. The third-order valence-corrected chi connectivity index (χ3v) is 16.9. The SMILES string of the molecule is c1ccc(-c2nc(-c3ccccc3)nc(-c3cccc(-c4ccccc4-c4nc(-c5ccccc5)nc(-c5cccc([Si](c6ccccc6)(c6ccccc6)c6ccccc6)c5)n4)c3)n2)cc1. The second kappa shape index (κ2) is 18.4. The molecule has 0 unspecified atom stereocenters. The number of benzene rings is 9. The summed E-state index contributed by atoms with van der Waals surface area (Å²) in [5.74, 6) is 3.58. The van der Waals surface area contributed by atoms with Crippen molar-refractivity contribution in [3.05, 3.63) is 255 Å². The van der Waals surface area contributed by atoms with E-state index in [4.69, 9.17) is 29.9 Å². The molecule has 0 saturated carbocycles. The summed E-state index contributed by atoms with van der Waals surface area (Å²) in [5.41, 5.74) is 7.35. The lowest BCUT2D eigenvalue weighted by atomic mass is 9.97. The average molecular weight is 875 g/mol.